The van der Waals surface area contributed by atoms with Crippen molar-refractivity contribution in [1.82, 2.24) is 10.6 Å². The molecule has 0 aliphatic carbocycles. The molecule has 2 aliphatic rings. The molecule has 17 heteroatoms. The Labute approximate surface area is 235 Å². The molecule has 2 saturated heterocycles. The van der Waals surface area contributed by atoms with Gasteiger partial charge in [0.05, 0.1) is 14.2 Å². The van der Waals surface area contributed by atoms with Gasteiger partial charge in [0, 0.05) is 41.9 Å². The average molecular weight is 593 g/mol. The fourth-order valence-electron chi connectivity index (χ4n) is 4.60. The first kappa shape index (κ1) is 33.8. The number of rotatable bonds is 10. The summed E-state index contributed by atoms with van der Waals surface area (Å²) in [7, 11) is 4.59. The summed E-state index contributed by atoms with van der Waals surface area (Å²) in [5.74, 6) is -4.74. The summed E-state index contributed by atoms with van der Waals surface area (Å²) >= 11 is 0. The van der Waals surface area contributed by atoms with Crippen LogP contribution in [0.25, 0.3) is 0 Å². The number of carbonyl (C=O) groups excluding carboxylic acids is 6. The standard InChI is InChI=1S/C24H36N2O15/c1-9(27)25-13-16(38-12(4)30)18(20(22(32)35-7)40-23(13)36-8)39-24-14(26-10(2)28)15(37-11(3)29)17(33-5)19(41-24)21(31)34-6/h13-20,23-24H,1-8H3,(H,25,27)(H,26,28)/t13-,14-,15-,16-,17-,18-,19+,20+,23+,24+/m1/s1. The Balaban J connectivity index is 2.68. The highest BCUT2D eigenvalue weighted by atomic mass is 16.7. The van der Waals surface area contributed by atoms with Crippen molar-refractivity contribution >= 4 is 35.7 Å². The van der Waals surface area contributed by atoms with Gasteiger partial charge in [-0.1, -0.05) is 0 Å². The lowest BCUT2D eigenvalue weighted by atomic mass is 9.93. The van der Waals surface area contributed by atoms with Crippen molar-refractivity contribution in [2.45, 2.75) is 89.0 Å². The minimum atomic E-state index is -1.69. The maximum absolute atomic E-state index is 12.8. The van der Waals surface area contributed by atoms with E-state index >= 15 is 0 Å². The van der Waals surface area contributed by atoms with Gasteiger partial charge in [0.1, 0.15) is 24.3 Å². The first-order chi connectivity index (χ1) is 19.3. The minimum Gasteiger partial charge on any atom is -0.467 e. The van der Waals surface area contributed by atoms with Crippen LogP contribution in [-0.2, 0) is 71.4 Å². The summed E-state index contributed by atoms with van der Waals surface area (Å²) in [6.07, 6.45) is -11.9. The van der Waals surface area contributed by atoms with E-state index in [0.717, 1.165) is 35.0 Å². The highest BCUT2D eigenvalue weighted by molar-refractivity contribution is 5.78. The molecular formula is C24H36N2O15. The van der Waals surface area contributed by atoms with Crippen LogP contribution in [0.4, 0.5) is 0 Å². The molecule has 0 aromatic heterocycles. The van der Waals surface area contributed by atoms with Crippen LogP contribution < -0.4 is 10.6 Å². The zero-order valence-electron chi connectivity index (χ0n) is 23.9. The van der Waals surface area contributed by atoms with Gasteiger partial charge in [0.25, 0.3) is 0 Å². The molecule has 2 N–H and O–H groups in total. The molecule has 2 aliphatic heterocycles. The molecule has 0 aromatic carbocycles. The molecule has 0 radical (unpaired) electrons. The average Bonchev–Trinajstić information content (AvgIpc) is 2.89. The molecule has 17 nitrogen and oxygen atoms in total. The summed E-state index contributed by atoms with van der Waals surface area (Å²) in [5, 5.41) is 5.08. The van der Waals surface area contributed by atoms with Crippen molar-refractivity contribution in [3.63, 3.8) is 0 Å². The number of esters is 4. The van der Waals surface area contributed by atoms with E-state index in [1.54, 1.807) is 0 Å². The van der Waals surface area contributed by atoms with E-state index < -0.39 is 97.0 Å². The molecular weight excluding hydrogens is 556 g/mol. The van der Waals surface area contributed by atoms with Gasteiger partial charge in [-0.05, 0) is 0 Å². The molecule has 0 aromatic rings. The van der Waals surface area contributed by atoms with Crippen LogP contribution >= 0.6 is 0 Å². The van der Waals surface area contributed by atoms with Gasteiger partial charge < -0.3 is 53.3 Å². The first-order valence-corrected chi connectivity index (χ1v) is 12.4. The zero-order chi connectivity index (χ0) is 31.0. The Morgan fingerprint density at radius 1 is 0.561 bits per heavy atom. The van der Waals surface area contributed by atoms with Crippen molar-refractivity contribution < 1.29 is 71.4 Å². The van der Waals surface area contributed by atoms with E-state index in [0.29, 0.717) is 0 Å². The quantitative estimate of drug-likeness (QED) is 0.202. The van der Waals surface area contributed by atoms with Crippen LogP contribution in [0.3, 0.4) is 0 Å². The number of ether oxygens (including phenoxy) is 9. The molecule has 2 rings (SSSR count). The van der Waals surface area contributed by atoms with Crippen LogP contribution in [0.2, 0.25) is 0 Å². The second-order valence-electron chi connectivity index (χ2n) is 9.03. The molecule has 2 heterocycles. The van der Waals surface area contributed by atoms with Crippen LogP contribution in [0.1, 0.15) is 27.7 Å². The number of hydrogen-bond acceptors (Lipinski definition) is 15. The summed E-state index contributed by atoms with van der Waals surface area (Å²) in [5.41, 5.74) is 0. The number of hydrogen-bond donors (Lipinski definition) is 2. The Hall–Kier alpha value is -3.38. The maximum Gasteiger partial charge on any atom is 0.338 e. The Bertz CT molecular complexity index is 990. The number of carbonyl (C=O) groups is 6. The molecule has 41 heavy (non-hydrogen) atoms. The number of methoxy groups -OCH3 is 4. The third kappa shape index (κ3) is 8.32. The predicted octanol–water partition coefficient (Wildman–Crippen LogP) is -2.30. The number of amides is 2. The van der Waals surface area contributed by atoms with Crippen molar-refractivity contribution in [3.8, 4) is 0 Å². The third-order valence-corrected chi connectivity index (χ3v) is 6.11. The monoisotopic (exact) mass is 592 g/mol. The van der Waals surface area contributed by atoms with Crippen LogP contribution in [0.15, 0.2) is 0 Å². The van der Waals surface area contributed by atoms with E-state index in [-0.39, 0.29) is 0 Å². The second-order valence-corrected chi connectivity index (χ2v) is 9.03. The lowest BCUT2D eigenvalue weighted by Gasteiger charge is -2.48. The van der Waals surface area contributed by atoms with Crippen LogP contribution in [0, 0.1) is 0 Å². The van der Waals surface area contributed by atoms with Gasteiger partial charge in [-0.2, -0.15) is 0 Å². The van der Waals surface area contributed by atoms with E-state index in [4.69, 9.17) is 42.6 Å². The highest BCUT2D eigenvalue weighted by Gasteiger charge is 2.57. The second kappa shape index (κ2) is 15.0. The van der Waals surface area contributed by atoms with Gasteiger partial charge in [-0.25, -0.2) is 9.59 Å². The molecule has 0 bridgehead atoms. The smallest absolute Gasteiger partial charge is 0.338 e. The fraction of sp³-hybridized carbons (Fsp3) is 0.750. The third-order valence-electron chi connectivity index (χ3n) is 6.11. The normalized spacial score (nSPS) is 33.1. The van der Waals surface area contributed by atoms with Gasteiger partial charge in [0.15, 0.2) is 37.0 Å². The summed E-state index contributed by atoms with van der Waals surface area (Å²) in [6.45, 7) is 4.52. The summed E-state index contributed by atoms with van der Waals surface area (Å²) in [6, 6.07) is -2.57. The number of nitrogens with one attached hydrogen (secondary N) is 2. The molecule has 2 fully saturated rings. The van der Waals surface area contributed by atoms with Crippen molar-refractivity contribution in [1.29, 1.82) is 0 Å². The zero-order valence-corrected chi connectivity index (χ0v) is 23.9. The highest BCUT2D eigenvalue weighted by Crippen LogP contribution is 2.33. The van der Waals surface area contributed by atoms with Gasteiger partial charge in [-0.3, -0.25) is 19.2 Å². The Morgan fingerprint density at radius 2 is 0.976 bits per heavy atom. The van der Waals surface area contributed by atoms with E-state index in [2.05, 4.69) is 10.6 Å². The molecule has 0 saturated carbocycles. The Morgan fingerprint density at radius 3 is 1.37 bits per heavy atom. The van der Waals surface area contributed by atoms with E-state index in [9.17, 15) is 28.8 Å². The minimum absolute atomic E-state index is 0.568. The first-order valence-electron chi connectivity index (χ1n) is 12.4. The maximum atomic E-state index is 12.8. The van der Waals surface area contributed by atoms with Crippen molar-refractivity contribution in [2.24, 2.45) is 0 Å². The molecule has 0 unspecified atom stereocenters. The predicted molar refractivity (Wildman–Crippen MR) is 130 cm³/mol. The van der Waals surface area contributed by atoms with Crippen LogP contribution in [-0.4, -0.2) is 125 Å². The molecule has 2 amide bonds. The van der Waals surface area contributed by atoms with E-state index in [1.165, 1.54) is 21.1 Å². The van der Waals surface area contributed by atoms with Crippen LogP contribution in [0.5, 0.6) is 0 Å². The van der Waals surface area contributed by atoms with Crippen molar-refractivity contribution in [2.75, 3.05) is 28.4 Å². The fourth-order valence-corrected chi connectivity index (χ4v) is 4.60. The van der Waals surface area contributed by atoms with Gasteiger partial charge in [0.2, 0.25) is 11.8 Å². The summed E-state index contributed by atoms with van der Waals surface area (Å²) in [4.78, 5) is 73.9. The van der Waals surface area contributed by atoms with Gasteiger partial charge >= 0.3 is 23.9 Å². The molecule has 10 atom stereocenters. The van der Waals surface area contributed by atoms with E-state index in [1.807, 2.05) is 0 Å². The molecule has 0 spiro atoms. The van der Waals surface area contributed by atoms with Gasteiger partial charge in [-0.15, -0.1) is 0 Å². The Kier molecular flexibility index (Phi) is 12.4. The lowest BCUT2D eigenvalue weighted by molar-refractivity contribution is -0.324. The summed E-state index contributed by atoms with van der Waals surface area (Å²) < 4.78 is 49.0. The lowest BCUT2D eigenvalue weighted by Crippen LogP contribution is -2.71. The van der Waals surface area contributed by atoms with Crippen molar-refractivity contribution in [3.05, 3.63) is 0 Å². The SMILES string of the molecule is COC(=O)[C@H]1O[C@H](O[C@@H]2[C@H](OC(C)=O)[C@@H](NC(C)=O)[C@@H](OC)O[C@@H]2C(=O)OC)[C@H](NC(C)=O)[C@@H](OC(C)=O)[C@H]1OC. The largest absolute Gasteiger partial charge is 0.467 e. The molecule has 232 valence electrons. The topological polar surface area (TPSA) is 210 Å².